The van der Waals surface area contributed by atoms with Gasteiger partial charge in [0, 0.05) is 0 Å². The van der Waals surface area contributed by atoms with E-state index in [0.717, 1.165) is 25.7 Å². The first kappa shape index (κ1) is 31.1. The van der Waals surface area contributed by atoms with Crippen LogP contribution in [0, 0.1) is 0 Å². The lowest BCUT2D eigenvalue weighted by Gasteiger charge is -2.18. The molecular formula is C32H52O5. The Morgan fingerprint density at radius 2 is 1.19 bits per heavy atom. The fourth-order valence-corrected chi connectivity index (χ4v) is 4.59. The van der Waals surface area contributed by atoms with E-state index < -0.39 is 5.63 Å². The molecule has 37 heavy (non-hydrogen) atoms. The van der Waals surface area contributed by atoms with Crippen molar-refractivity contribution in [3.8, 4) is 17.2 Å². The van der Waals surface area contributed by atoms with Crippen molar-refractivity contribution >= 4 is 11.0 Å². The minimum absolute atomic E-state index is 0.115. The SMILES string of the molecule is CCCCCCCCCCOc1c(OC(C)C)c2c(OCCCCCCCCCC)cccc2oc1=O. The van der Waals surface area contributed by atoms with E-state index in [-0.39, 0.29) is 11.9 Å². The Morgan fingerprint density at radius 1 is 0.676 bits per heavy atom. The van der Waals surface area contributed by atoms with Crippen LogP contribution in [0.1, 0.15) is 130 Å². The second-order valence-corrected chi connectivity index (χ2v) is 10.5. The normalized spacial score (nSPS) is 11.4. The van der Waals surface area contributed by atoms with Gasteiger partial charge in [-0.3, -0.25) is 0 Å². The Bertz CT molecular complexity index is 917. The van der Waals surface area contributed by atoms with E-state index in [1.807, 2.05) is 26.0 Å². The molecule has 5 heteroatoms. The number of unbranched alkanes of at least 4 members (excludes halogenated alkanes) is 14. The van der Waals surface area contributed by atoms with E-state index in [0.29, 0.717) is 35.7 Å². The maximum atomic E-state index is 12.8. The minimum atomic E-state index is -0.497. The van der Waals surface area contributed by atoms with Crippen molar-refractivity contribution in [3.05, 3.63) is 28.6 Å². The predicted octanol–water partition coefficient (Wildman–Crippen LogP) is 9.62. The Labute approximate surface area is 225 Å². The summed E-state index contributed by atoms with van der Waals surface area (Å²) in [5.41, 5.74) is -0.0311. The molecule has 0 radical (unpaired) electrons. The molecule has 1 aromatic heterocycles. The maximum absolute atomic E-state index is 12.8. The highest BCUT2D eigenvalue weighted by Gasteiger charge is 2.22. The van der Waals surface area contributed by atoms with Gasteiger partial charge in [0.25, 0.3) is 0 Å². The van der Waals surface area contributed by atoms with Crippen LogP contribution < -0.4 is 19.8 Å². The Kier molecular flexibility index (Phi) is 15.9. The van der Waals surface area contributed by atoms with Crippen molar-refractivity contribution in [2.45, 2.75) is 137 Å². The molecule has 0 saturated heterocycles. The largest absolute Gasteiger partial charge is 0.493 e. The molecule has 2 rings (SSSR count). The monoisotopic (exact) mass is 516 g/mol. The Hall–Kier alpha value is -2.17. The molecule has 0 aliphatic heterocycles. The topological polar surface area (TPSA) is 57.9 Å². The van der Waals surface area contributed by atoms with Gasteiger partial charge in [0.2, 0.25) is 5.75 Å². The third-order valence-electron chi connectivity index (χ3n) is 6.66. The van der Waals surface area contributed by atoms with Gasteiger partial charge in [-0.25, -0.2) is 4.79 Å². The Morgan fingerprint density at radius 3 is 1.73 bits per heavy atom. The van der Waals surface area contributed by atoms with Gasteiger partial charge >= 0.3 is 5.63 Å². The number of hydrogen-bond donors (Lipinski definition) is 0. The summed E-state index contributed by atoms with van der Waals surface area (Å²) in [7, 11) is 0. The van der Waals surface area contributed by atoms with Crippen LogP contribution in [0.3, 0.4) is 0 Å². The number of ether oxygens (including phenoxy) is 3. The number of benzene rings is 1. The smallest absolute Gasteiger partial charge is 0.383 e. The van der Waals surface area contributed by atoms with Crippen molar-refractivity contribution < 1.29 is 18.6 Å². The molecule has 0 fully saturated rings. The molecule has 1 aromatic carbocycles. The van der Waals surface area contributed by atoms with E-state index >= 15 is 0 Å². The molecule has 210 valence electrons. The van der Waals surface area contributed by atoms with Gasteiger partial charge in [0.1, 0.15) is 16.7 Å². The summed E-state index contributed by atoms with van der Waals surface area (Å²) in [6, 6.07) is 5.56. The maximum Gasteiger partial charge on any atom is 0.383 e. The first-order chi connectivity index (χ1) is 18.1. The number of rotatable bonds is 22. The lowest BCUT2D eigenvalue weighted by molar-refractivity contribution is 0.215. The lowest BCUT2D eigenvalue weighted by atomic mass is 10.1. The molecule has 0 aliphatic carbocycles. The zero-order valence-corrected chi connectivity index (χ0v) is 24.1. The molecule has 5 nitrogen and oxygen atoms in total. The van der Waals surface area contributed by atoms with Crippen LogP contribution in [0.4, 0.5) is 0 Å². The second-order valence-electron chi connectivity index (χ2n) is 10.5. The van der Waals surface area contributed by atoms with Crippen molar-refractivity contribution in [3.63, 3.8) is 0 Å². The third-order valence-corrected chi connectivity index (χ3v) is 6.66. The van der Waals surface area contributed by atoms with Gasteiger partial charge in [-0.05, 0) is 38.8 Å². The van der Waals surface area contributed by atoms with Crippen LogP contribution >= 0.6 is 0 Å². The first-order valence-corrected chi connectivity index (χ1v) is 15.1. The molecule has 0 N–H and O–H groups in total. The summed E-state index contributed by atoms with van der Waals surface area (Å²) in [5.74, 6) is 1.27. The first-order valence-electron chi connectivity index (χ1n) is 15.1. The van der Waals surface area contributed by atoms with Crippen LogP contribution in [-0.4, -0.2) is 19.3 Å². The van der Waals surface area contributed by atoms with Crippen LogP contribution in [0.2, 0.25) is 0 Å². The molecule has 0 spiro atoms. The standard InChI is InChI=1S/C32H52O5/c1-5-7-9-11-13-15-17-19-24-34-27-22-21-23-28-29(27)30(36-26(3)4)31(32(33)37-28)35-25-20-18-16-14-12-10-8-6-2/h21-23,26H,5-20,24-25H2,1-4H3. The quantitative estimate of drug-likeness (QED) is 0.115. The lowest BCUT2D eigenvalue weighted by Crippen LogP contribution is -2.14. The summed E-state index contributed by atoms with van der Waals surface area (Å²) in [6.45, 7) is 9.49. The molecule has 0 aliphatic rings. The zero-order chi connectivity index (χ0) is 26.7. The van der Waals surface area contributed by atoms with Crippen molar-refractivity contribution in [2.75, 3.05) is 13.2 Å². The predicted molar refractivity (Wildman–Crippen MR) is 154 cm³/mol. The number of hydrogen-bond acceptors (Lipinski definition) is 5. The summed E-state index contributed by atoms with van der Waals surface area (Å²) < 4.78 is 23.9. The van der Waals surface area contributed by atoms with E-state index in [1.54, 1.807) is 6.07 Å². The van der Waals surface area contributed by atoms with Crippen LogP contribution in [0.5, 0.6) is 17.2 Å². The average Bonchev–Trinajstić information content (AvgIpc) is 2.87. The molecular weight excluding hydrogens is 464 g/mol. The third kappa shape index (κ3) is 11.8. The van der Waals surface area contributed by atoms with E-state index in [4.69, 9.17) is 18.6 Å². The van der Waals surface area contributed by atoms with Gasteiger partial charge in [-0.1, -0.05) is 110 Å². The van der Waals surface area contributed by atoms with E-state index in [9.17, 15) is 4.79 Å². The van der Waals surface area contributed by atoms with Crippen LogP contribution in [0.15, 0.2) is 27.4 Å². The van der Waals surface area contributed by atoms with Gasteiger partial charge in [-0.2, -0.15) is 0 Å². The van der Waals surface area contributed by atoms with Gasteiger partial charge in [0.05, 0.1) is 19.3 Å². The molecule has 0 saturated carbocycles. The van der Waals surface area contributed by atoms with Crippen molar-refractivity contribution in [2.24, 2.45) is 0 Å². The molecule has 0 atom stereocenters. The van der Waals surface area contributed by atoms with E-state index in [1.165, 1.54) is 77.0 Å². The molecule has 1 heterocycles. The van der Waals surface area contributed by atoms with Gasteiger partial charge in [-0.15, -0.1) is 0 Å². The fraction of sp³-hybridized carbons (Fsp3) is 0.719. The van der Waals surface area contributed by atoms with Crippen molar-refractivity contribution in [1.29, 1.82) is 0 Å². The van der Waals surface area contributed by atoms with Crippen LogP contribution in [0.25, 0.3) is 11.0 Å². The summed E-state index contributed by atoms with van der Waals surface area (Å²) >= 11 is 0. The summed E-state index contributed by atoms with van der Waals surface area (Å²) in [5, 5.41) is 0.682. The minimum Gasteiger partial charge on any atom is -0.493 e. The highest BCUT2D eigenvalue weighted by atomic mass is 16.5. The zero-order valence-electron chi connectivity index (χ0n) is 24.1. The van der Waals surface area contributed by atoms with Crippen LogP contribution in [-0.2, 0) is 0 Å². The highest BCUT2D eigenvalue weighted by Crippen LogP contribution is 2.39. The Balaban J connectivity index is 1.99. The van der Waals surface area contributed by atoms with E-state index in [2.05, 4.69) is 13.8 Å². The summed E-state index contributed by atoms with van der Waals surface area (Å²) in [4.78, 5) is 12.8. The molecule has 0 bridgehead atoms. The average molecular weight is 517 g/mol. The van der Waals surface area contributed by atoms with Gasteiger partial charge < -0.3 is 18.6 Å². The molecule has 0 unspecified atom stereocenters. The number of fused-ring (bicyclic) bond motifs is 1. The summed E-state index contributed by atoms with van der Waals surface area (Å²) in [6.07, 6.45) is 19.6. The molecule has 2 aromatic rings. The van der Waals surface area contributed by atoms with Gasteiger partial charge in [0.15, 0.2) is 5.75 Å². The fourth-order valence-electron chi connectivity index (χ4n) is 4.59. The van der Waals surface area contributed by atoms with Crippen molar-refractivity contribution in [1.82, 2.24) is 0 Å². The second kappa shape index (κ2) is 19.0. The molecule has 0 amide bonds. The highest BCUT2D eigenvalue weighted by molar-refractivity contribution is 5.91.